The summed E-state index contributed by atoms with van der Waals surface area (Å²) < 4.78 is 13.4. The van der Waals surface area contributed by atoms with Gasteiger partial charge in [-0.3, -0.25) is 9.69 Å². The first-order chi connectivity index (χ1) is 24.3. The normalized spacial score (nSPS) is 20.3. The molecule has 5 aromatic rings. The summed E-state index contributed by atoms with van der Waals surface area (Å²) in [5, 5.41) is 23.9. The van der Waals surface area contributed by atoms with Gasteiger partial charge in [0.15, 0.2) is 6.29 Å². The molecule has 1 heterocycles. The molecule has 1 saturated heterocycles. The fourth-order valence-corrected chi connectivity index (χ4v) is 6.59. The number of amides is 1. The smallest absolute Gasteiger partial charge is 0.251 e. The number of aliphatic hydroxyl groups is 2. The molecule has 0 radical (unpaired) electrons. The van der Waals surface area contributed by atoms with Crippen LogP contribution in [-0.2, 0) is 22.6 Å². The predicted molar refractivity (Wildman–Crippen MR) is 196 cm³/mol. The monoisotopic (exact) mass is 670 g/mol. The average molecular weight is 671 g/mol. The van der Waals surface area contributed by atoms with Gasteiger partial charge in [0.1, 0.15) is 0 Å². The van der Waals surface area contributed by atoms with Crippen LogP contribution in [0.3, 0.4) is 0 Å². The van der Waals surface area contributed by atoms with Gasteiger partial charge in [0.25, 0.3) is 5.91 Å². The van der Waals surface area contributed by atoms with Crippen LogP contribution >= 0.6 is 0 Å². The lowest BCUT2D eigenvalue weighted by atomic mass is 9.89. The number of aliphatic hydroxyl groups excluding tert-OH is 2. The first kappa shape index (κ1) is 35.2. The van der Waals surface area contributed by atoms with Crippen molar-refractivity contribution in [3.05, 3.63) is 167 Å². The fraction of sp³-hybridized carbons (Fsp3) is 0.279. The van der Waals surface area contributed by atoms with Gasteiger partial charge in [0, 0.05) is 36.2 Å². The van der Waals surface area contributed by atoms with Crippen molar-refractivity contribution in [3.8, 4) is 11.1 Å². The van der Waals surface area contributed by atoms with Crippen LogP contribution in [0.15, 0.2) is 133 Å². The third-order valence-electron chi connectivity index (χ3n) is 9.87. The summed E-state index contributed by atoms with van der Waals surface area (Å²) in [7, 11) is 2.02. The Morgan fingerprint density at radius 1 is 0.800 bits per heavy atom. The summed E-state index contributed by atoms with van der Waals surface area (Å²) in [4.78, 5) is 14.9. The molecule has 7 heteroatoms. The Balaban J connectivity index is 1.21. The number of nitrogens with zero attached hydrogens (tertiary/aromatic N) is 1. The van der Waals surface area contributed by atoms with Crippen molar-refractivity contribution in [3.63, 3.8) is 0 Å². The quantitative estimate of drug-likeness (QED) is 0.127. The van der Waals surface area contributed by atoms with Crippen molar-refractivity contribution >= 4 is 5.91 Å². The zero-order valence-corrected chi connectivity index (χ0v) is 28.9. The van der Waals surface area contributed by atoms with Crippen molar-refractivity contribution in [1.29, 1.82) is 0 Å². The van der Waals surface area contributed by atoms with Crippen molar-refractivity contribution in [2.45, 2.75) is 57.6 Å². The Bertz CT molecular complexity index is 1810. The topological polar surface area (TPSA) is 91.3 Å². The van der Waals surface area contributed by atoms with E-state index in [0.717, 1.165) is 38.9 Å². The van der Waals surface area contributed by atoms with Crippen LogP contribution in [0.1, 0.15) is 70.5 Å². The van der Waals surface area contributed by atoms with E-state index in [-0.39, 0.29) is 36.7 Å². The number of hydrogen-bond acceptors (Lipinski definition) is 6. The summed E-state index contributed by atoms with van der Waals surface area (Å²) in [6.45, 7) is 5.17. The molecule has 6 atom stereocenters. The van der Waals surface area contributed by atoms with E-state index < -0.39 is 12.4 Å². The molecule has 1 amide bonds. The zero-order valence-electron chi connectivity index (χ0n) is 28.9. The van der Waals surface area contributed by atoms with E-state index in [9.17, 15) is 15.0 Å². The summed E-state index contributed by atoms with van der Waals surface area (Å²) in [6, 6.07) is 43.1. The van der Waals surface area contributed by atoms with Crippen LogP contribution in [-0.4, -0.2) is 46.8 Å². The second-order valence-electron chi connectivity index (χ2n) is 13.2. The van der Waals surface area contributed by atoms with E-state index in [2.05, 4.69) is 35.3 Å². The molecule has 0 spiro atoms. The predicted octanol–water partition coefficient (Wildman–Crippen LogP) is 7.62. The van der Waals surface area contributed by atoms with Crippen molar-refractivity contribution in [2.24, 2.45) is 5.92 Å². The number of rotatable bonds is 12. The van der Waals surface area contributed by atoms with Crippen LogP contribution in [0, 0.1) is 5.92 Å². The van der Waals surface area contributed by atoms with E-state index in [1.807, 2.05) is 129 Å². The minimum atomic E-state index is -0.643. The molecule has 258 valence electrons. The Morgan fingerprint density at radius 2 is 1.42 bits per heavy atom. The van der Waals surface area contributed by atoms with Gasteiger partial charge in [0.05, 0.1) is 24.9 Å². The Kier molecular flexibility index (Phi) is 11.5. The third kappa shape index (κ3) is 8.21. The second-order valence-corrected chi connectivity index (χ2v) is 13.2. The molecule has 6 rings (SSSR count). The summed E-state index contributed by atoms with van der Waals surface area (Å²) in [6.07, 6.45) is -1.70. The maximum Gasteiger partial charge on any atom is 0.251 e. The number of carbonyl (C=O) groups is 1. The molecule has 0 aromatic heterocycles. The van der Waals surface area contributed by atoms with E-state index in [4.69, 9.17) is 9.47 Å². The van der Waals surface area contributed by atoms with Gasteiger partial charge in [-0.2, -0.15) is 0 Å². The average Bonchev–Trinajstić information content (AvgIpc) is 3.18. The number of carbonyl (C=O) groups excluding carboxylic acids is 1. The number of benzene rings is 5. The second kappa shape index (κ2) is 16.4. The maximum atomic E-state index is 12.7. The van der Waals surface area contributed by atoms with Gasteiger partial charge < -0.3 is 25.0 Å². The summed E-state index contributed by atoms with van der Waals surface area (Å²) >= 11 is 0. The minimum Gasteiger partial charge on any atom is -0.392 e. The molecule has 0 aliphatic carbocycles. The van der Waals surface area contributed by atoms with Gasteiger partial charge in [-0.15, -0.1) is 0 Å². The zero-order chi connectivity index (χ0) is 35.0. The largest absolute Gasteiger partial charge is 0.392 e. The summed E-state index contributed by atoms with van der Waals surface area (Å²) in [5.74, 6) is -0.103. The highest BCUT2D eigenvalue weighted by Gasteiger charge is 2.39. The lowest BCUT2D eigenvalue weighted by Gasteiger charge is -2.43. The van der Waals surface area contributed by atoms with Gasteiger partial charge >= 0.3 is 0 Å². The molecular formula is C43H46N2O5. The van der Waals surface area contributed by atoms with Gasteiger partial charge in [-0.05, 0) is 59.5 Å². The van der Waals surface area contributed by atoms with E-state index in [0.29, 0.717) is 18.7 Å². The molecule has 5 aromatic carbocycles. The van der Waals surface area contributed by atoms with E-state index in [1.165, 1.54) is 0 Å². The van der Waals surface area contributed by atoms with Crippen LogP contribution in [0.25, 0.3) is 11.1 Å². The fourth-order valence-electron chi connectivity index (χ4n) is 6.59. The SMILES string of the molecule is C[C@H]1[C@@H](CN(C)[C@H](C)[C@@H](O)c2ccccc2)O[C@@H](c2ccc(-c3ccccc3CNC(=O)c3ccccc3)cc2)O[C@H]1c1ccc(CO)cc1. The molecule has 0 unspecified atom stereocenters. The first-order valence-electron chi connectivity index (χ1n) is 17.3. The number of ether oxygens (including phenoxy) is 2. The third-order valence-corrected chi connectivity index (χ3v) is 9.87. The van der Waals surface area contributed by atoms with Crippen LogP contribution < -0.4 is 5.32 Å². The number of likely N-dealkylation sites (N-methyl/N-ethyl adjacent to an activating group) is 1. The van der Waals surface area contributed by atoms with Crippen molar-refractivity contribution in [2.75, 3.05) is 13.6 Å². The standard InChI is InChI=1S/C43H46N2O5/c1-29-39(27-45(3)30(2)40(47)33-12-6-4-7-13-33)49-43(50-41(29)34-20-18-31(28-46)19-21-34)36-24-22-32(23-25-36)38-17-11-10-16-37(38)26-44-42(48)35-14-8-5-9-15-35/h4-25,29-30,39-41,43,46-47H,26-28H2,1-3H3,(H,44,48)/t29-,30+,39+,40+,41+,43+/m0/s1. The van der Waals surface area contributed by atoms with E-state index in [1.54, 1.807) is 0 Å². The van der Waals surface area contributed by atoms with Crippen molar-refractivity contribution in [1.82, 2.24) is 10.2 Å². The Hall–Kier alpha value is -4.63. The van der Waals surface area contributed by atoms with Crippen LogP contribution in [0.5, 0.6) is 0 Å². The molecule has 3 N–H and O–H groups in total. The molecule has 0 saturated carbocycles. The van der Waals surface area contributed by atoms with Gasteiger partial charge in [-0.1, -0.05) is 128 Å². The Morgan fingerprint density at radius 3 is 2.10 bits per heavy atom. The van der Waals surface area contributed by atoms with Gasteiger partial charge in [-0.25, -0.2) is 0 Å². The van der Waals surface area contributed by atoms with Gasteiger partial charge in [0.2, 0.25) is 0 Å². The molecular weight excluding hydrogens is 624 g/mol. The first-order valence-corrected chi connectivity index (χ1v) is 17.3. The van der Waals surface area contributed by atoms with Crippen molar-refractivity contribution < 1.29 is 24.5 Å². The molecule has 1 aliphatic heterocycles. The molecule has 0 bridgehead atoms. The molecule has 1 aliphatic rings. The molecule has 1 fully saturated rings. The van der Waals surface area contributed by atoms with Crippen LogP contribution in [0.2, 0.25) is 0 Å². The number of nitrogens with one attached hydrogen (secondary N) is 1. The molecule has 7 nitrogen and oxygen atoms in total. The van der Waals surface area contributed by atoms with E-state index >= 15 is 0 Å². The highest BCUT2D eigenvalue weighted by atomic mass is 16.7. The summed E-state index contributed by atoms with van der Waals surface area (Å²) in [5.41, 5.74) is 7.37. The number of hydrogen-bond donors (Lipinski definition) is 3. The molecule has 50 heavy (non-hydrogen) atoms. The minimum absolute atomic E-state index is 0.00647. The Labute approximate surface area is 295 Å². The van der Waals surface area contributed by atoms with Crippen LogP contribution in [0.4, 0.5) is 0 Å². The lowest BCUT2D eigenvalue weighted by Crippen LogP contribution is -2.46. The maximum absolute atomic E-state index is 12.7. The highest BCUT2D eigenvalue weighted by molar-refractivity contribution is 5.94. The highest BCUT2D eigenvalue weighted by Crippen LogP contribution is 2.42. The lowest BCUT2D eigenvalue weighted by molar-refractivity contribution is -0.276.